The minimum atomic E-state index is -1.25. The van der Waals surface area contributed by atoms with Crippen LogP contribution >= 0.6 is 0 Å². The molecule has 148 valence electrons. The van der Waals surface area contributed by atoms with Gasteiger partial charge in [0.25, 0.3) is 5.91 Å². The maximum Gasteiger partial charge on any atom is 0.255 e. The quantitative estimate of drug-likeness (QED) is 0.756. The van der Waals surface area contributed by atoms with Crippen molar-refractivity contribution in [3.05, 3.63) is 29.8 Å². The summed E-state index contributed by atoms with van der Waals surface area (Å²) in [5, 5.41) is 14.2. The number of likely N-dealkylation sites (tertiary alicyclic amines) is 1. The number of carbonyl (C=O) groups is 1. The summed E-state index contributed by atoms with van der Waals surface area (Å²) in [7, 11) is 0. The standard InChI is InChI=1S/C21H31N3O3/c25-20-21(26,8-1-9-24(20)15-18-2-3-18)16-22-14-17-4-6-19(7-5-17)23-10-12-27-13-11-23/h4-7,18,22,26H,1-3,8-16H2/t21-/m1/s1. The summed E-state index contributed by atoms with van der Waals surface area (Å²) in [6.45, 7) is 6.03. The molecule has 6 heteroatoms. The number of nitrogens with one attached hydrogen (secondary N) is 1. The molecule has 1 saturated carbocycles. The number of morpholine rings is 1. The summed E-state index contributed by atoms with van der Waals surface area (Å²) in [6, 6.07) is 8.51. The number of aliphatic hydroxyl groups is 1. The molecule has 0 bridgehead atoms. The molecule has 1 aromatic carbocycles. The van der Waals surface area contributed by atoms with Gasteiger partial charge >= 0.3 is 0 Å². The average molecular weight is 373 g/mol. The summed E-state index contributed by atoms with van der Waals surface area (Å²) in [6.07, 6.45) is 3.88. The van der Waals surface area contributed by atoms with Gasteiger partial charge in [0.1, 0.15) is 0 Å². The second-order valence-electron chi connectivity index (χ2n) is 8.20. The Bertz CT molecular complexity index is 641. The highest BCUT2D eigenvalue weighted by Crippen LogP contribution is 2.32. The maximum atomic E-state index is 12.7. The first-order valence-corrected chi connectivity index (χ1v) is 10.3. The zero-order chi connectivity index (χ0) is 18.7. The number of carbonyl (C=O) groups excluding carboxylic acids is 1. The fraction of sp³-hybridized carbons (Fsp3) is 0.667. The molecule has 2 heterocycles. The first-order valence-electron chi connectivity index (χ1n) is 10.3. The van der Waals surface area contributed by atoms with Crippen LogP contribution in [0.2, 0.25) is 0 Å². The van der Waals surface area contributed by atoms with Crippen LogP contribution in [-0.4, -0.2) is 67.5 Å². The monoisotopic (exact) mass is 373 g/mol. The molecule has 6 nitrogen and oxygen atoms in total. The lowest BCUT2D eigenvalue weighted by atomic mass is 9.91. The summed E-state index contributed by atoms with van der Waals surface area (Å²) in [5.41, 5.74) is 1.13. The molecule has 0 spiro atoms. The Morgan fingerprint density at radius 1 is 1.15 bits per heavy atom. The van der Waals surface area contributed by atoms with Crippen molar-refractivity contribution in [1.82, 2.24) is 10.2 Å². The number of hydrogen-bond acceptors (Lipinski definition) is 5. The molecule has 4 rings (SSSR count). The van der Waals surface area contributed by atoms with Crippen molar-refractivity contribution in [3.8, 4) is 0 Å². The SMILES string of the molecule is O=C1N(CC2CC2)CCC[C@@]1(O)CNCc1ccc(N2CCOCC2)cc1. The van der Waals surface area contributed by atoms with Crippen molar-refractivity contribution in [2.75, 3.05) is 50.8 Å². The summed E-state index contributed by atoms with van der Waals surface area (Å²) < 4.78 is 5.40. The Kier molecular flexibility index (Phi) is 5.66. The highest BCUT2D eigenvalue weighted by molar-refractivity contribution is 5.86. The van der Waals surface area contributed by atoms with E-state index in [0.717, 1.165) is 51.4 Å². The van der Waals surface area contributed by atoms with Gasteiger partial charge in [0, 0.05) is 45.0 Å². The lowest BCUT2D eigenvalue weighted by Crippen LogP contribution is -2.58. The van der Waals surface area contributed by atoms with E-state index >= 15 is 0 Å². The van der Waals surface area contributed by atoms with Gasteiger partial charge in [0.2, 0.25) is 0 Å². The van der Waals surface area contributed by atoms with Crippen molar-refractivity contribution in [1.29, 1.82) is 0 Å². The topological polar surface area (TPSA) is 65.0 Å². The Balaban J connectivity index is 1.27. The third-order valence-corrected chi connectivity index (χ3v) is 5.94. The molecule has 1 aromatic rings. The van der Waals surface area contributed by atoms with Gasteiger partial charge in [-0.2, -0.15) is 0 Å². The Morgan fingerprint density at radius 2 is 1.89 bits per heavy atom. The van der Waals surface area contributed by atoms with E-state index in [2.05, 4.69) is 34.5 Å². The van der Waals surface area contributed by atoms with Crippen LogP contribution in [0.4, 0.5) is 5.69 Å². The van der Waals surface area contributed by atoms with Crippen LogP contribution in [-0.2, 0) is 16.1 Å². The van der Waals surface area contributed by atoms with Crippen LogP contribution in [0.5, 0.6) is 0 Å². The van der Waals surface area contributed by atoms with Gasteiger partial charge in [0.05, 0.1) is 13.2 Å². The van der Waals surface area contributed by atoms with Gasteiger partial charge in [-0.15, -0.1) is 0 Å². The summed E-state index contributed by atoms with van der Waals surface area (Å²) >= 11 is 0. The zero-order valence-corrected chi connectivity index (χ0v) is 16.0. The molecule has 1 atom stereocenters. The fourth-order valence-corrected chi connectivity index (χ4v) is 4.08. The van der Waals surface area contributed by atoms with Crippen LogP contribution in [0.25, 0.3) is 0 Å². The van der Waals surface area contributed by atoms with Crippen LogP contribution in [0.1, 0.15) is 31.2 Å². The zero-order valence-electron chi connectivity index (χ0n) is 16.0. The first-order chi connectivity index (χ1) is 13.1. The Morgan fingerprint density at radius 3 is 2.59 bits per heavy atom. The fourth-order valence-electron chi connectivity index (χ4n) is 4.08. The number of nitrogens with zero attached hydrogens (tertiary/aromatic N) is 2. The molecule has 2 N–H and O–H groups in total. The number of hydrogen-bond donors (Lipinski definition) is 2. The molecule has 0 radical (unpaired) electrons. The molecule has 3 fully saturated rings. The second kappa shape index (κ2) is 8.17. The van der Waals surface area contributed by atoms with E-state index in [4.69, 9.17) is 4.74 Å². The maximum absolute atomic E-state index is 12.7. The van der Waals surface area contributed by atoms with Gasteiger partial charge in [-0.3, -0.25) is 4.79 Å². The van der Waals surface area contributed by atoms with E-state index in [9.17, 15) is 9.90 Å². The van der Waals surface area contributed by atoms with Crippen molar-refractivity contribution in [2.45, 2.75) is 37.8 Å². The van der Waals surface area contributed by atoms with Crippen LogP contribution in [0.15, 0.2) is 24.3 Å². The van der Waals surface area contributed by atoms with Gasteiger partial charge in [-0.25, -0.2) is 0 Å². The largest absolute Gasteiger partial charge is 0.379 e. The van der Waals surface area contributed by atoms with Crippen molar-refractivity contribution >= 4 is 11.6 Å². The smallest absolute Gasteiger partial charge is 0.255 e. The number of anilines is 1. The average Bonchev–Trinajstić information content (AvgIpc) is 3.51. The van der Waals surface area contributed by atoms with Crippen LogP contribution < -0.4 is 10.2 Å². The van der Waals surface area contributed by atoms with E-state index in [-0.39, 0.29) is 5.91 Å². The van der Waals surface area contributed by atoms with Crippen molar-refractivity contribution in [3.63, 3.8) is 0 Å². The lowest BCUT2D eigenvalue weighted by Gasteiger charge is -2.38. The molecule has 1 amide bonds. The van der Waals surface area contributed by atoms with E-state index in [1.807, 2.05) is 4.90 Å². The van der Waals surface area contributed by atoms with E-state index < -0.39 is 5.60 Å². The minimum absolute atomic E-state index is 0.0872. The molecule has 3 aliphatic rings. The van der Waals surface area contributed by atoms with Gasteiger partial charge < -0.3 is 25.0 Å². The van der Waals surface area contributed by atoms with Crippen molar-refractivity contribution in [2.24, 2.45) is 5.92 Å². The molecular weight excluding hydrogens is 342 g/mol. The summed E-state index contributed by atoms with van der Waals surface area (Å²) in [5.74, 6) is 0.574. The Hall–Kier alpha value is -1.63. The number of benzene rings is 1. The van der Waals surface area contributed by atoms with E-state index in [1.54, 1.807) is 0 Å². The summed E-state index contributed by atoms with van der Waals surface area (Å²) in [4.78, 5) is 16.9. The molecule has 2 saturated heterocycles. The first kappa shape index (κ1) is 18.7. The van der Waals surface area contributed by atoms with Gasteiger partial charge in [0.15, 0.2) is 5.60 Å². The molecule has 2 aliphatic heterocycles. The Labute approximate surface area is 161 Å². The predicted octanol–water partition coefficient (Wildman–Crippen LogP) is 1.38. The number of rotatable bonds is 7. The molecule has 0 aromatic heterocycles. The normalized spacial score (nSPS) is 26.5. The highest BCUT2D eigenvalue weighted by atomic mass is 16.5. The minimum Gasteiger partial charge on any atom is -0.379 e. The van der Waals surface area contributed by atoms with E-state index in [0.29, 0.717) is 25.4 Å². The highest BCUT2D eigenvalue weighted by Gasteiger charge is 2.43. The van der Waals surface area contributed by atoms with E-state index in [1.165, 1.54) is 18.5 Å². The molecular formula is C21H31N3O3. The number of piperidine rings is 1. The van der Waals surface area contributed by atoms with Crippen LogP contribution in [0, 0.1) is 5.92 Å². The third-order valence-electron chi connectivity index (χ3n) is 5.94. The molecule has 0 unspecified atom stereocenters. The lowest BCUT2D eigenvalue weighted by molar-refractivity contribution is -0.156. The van der Waals surface area contributed by atoms with Gasteiger partial charge in [-0.05, 0) is 49.3 Å². The second-order valence-corrected chi connectivity index (χ2v) is 8.20. The van der Waals surface area contributed by atoms with Crippen LogP contribution in [0.3, 0.4) is 0 Å². The van der Waals surface area contributed by atoms with Gasteiger partial charge in [-0.1, -0.05) is 12.1 Å². The van der Waals surface area contributed by atoms with Crippen molar-refractivity contribution < 1.29 is 14.6 Å². The molecule has 1 aliphatic carbocycles. The number of ether oxygens (including phenoxy) is 1. The number of amides is 1. The predicted molar refractivity (Wildman–Crippen MR) is 105 cm³/mol. The molecule has 27 heavy (non-hydrogen) atoms. The third kappa shape index (κ3) is 4.62.